The molecule has 0 bridgehead atoms. The van der Waals surface area contributed by atoms with Gasteiger partial charge in [-0.15, -0.1) is 0 Å². The highest BCUT2D eigenvalue weighted by molar-refractivity contribution is 7.80. The van der Waals surface area contributed by atoms with Gasteiger partial charge in [0.2, 0.25) is 0 Å². The van der Waals surface area contributed by atoms with Crippen molar-refractivity contribution in [3.05, 3.63) is 96.6 Å². The van der Waals surface area contributed by atoms with E-state index in [0.29, 0.717) is 5.11 Å². The molecule has 0 aliphatic carbocycles. The molecule has 1 aromatic heterocycles. The van der Waals surface area contributed by atoms with E-state index in [1.54, 1.807) is 6.21 Å². The van der Waals surface area contributed by atoms with Crippen molar-refractivity contribution in [2.75, 3.05) is 6.54 Å². The molecular formula is C25H23N5S. The lowest BCUT2D eigenvalue weighted by Gasteiger charge is -2.08. The molecule has 0 unspecified atom stereocenters. The van der Waals surface area contributed by atoms with E-state index in [2.05, 4.69) is 46.2 Å². The molecule has 2 N–H and O–H groups in total. The Morgan fingerprint density at radius 1 is 0.935 bits per heavy atom. The minimum atomic E-state index is 0.507. The van der Waals surface area contributed by atoms with Gasteiger partial charge in [0, 0.05) is 17.7 Å². The number of nitrogens with one attached hydrogen (secondary N) is 2. The van der Waals surface area contributed by atoms with Crippen molar-refractivity contribution in [2.45, 2.75) is 6.92 Å². The molecule has 0 aliphatic heterocycles. The highest BCUT2D eigenvalue weighted by Crippen LogP contribution is 2.28. The predicted octanol–water partition coefficient (Wildman–Crippen LogP) is 5.02. The first-order valence-corrected chi connectivity index (χ1v) is 10.5. The van der Waals surface area contributed by atoms with Gasteiger partial charge in [0.1, 0.15) is 0 Å². The van der Waals surface area contributed by atoms with Gasteiger partial charge in [-0.1, -0.05) is 72.8 Å². The standard InChI is InChI=1S/C25H23N5S/c1-2-26-25(31)28-27-18-19-13-15-22(16-14-19)30-24(21-11-7-4-8-12-21)17-23(29-30)20-9-5-3-6-10-20/h3-18H,2H2,1H3,(H2,26,28,31)/b27-18+. The van der Waals surface area contributed by atoms with Crippen LogP contribution in [0.2, 0.25) is 0 Å². The maximum Gasteiger partial charge on any atom is 0.186 e. The van der Waals surface area contributed by atoms with Crippen molar-refractivity contribution in [2.24, 2.45) is 5.10 Å². The summed E-state index contributed by atoms with van der Waals surface area (Å²) < 4.78 is 1.98. The van der Waals surface area contributed by atoms with Gasteiger partial charge in [-0.2, -0.15) is 10.2 Å². The van der Waals surface area contributed by atoms with E-state index in [-0.39, 0.29) is 0 Å². The summed E-state index contributed by atoms with van der Waals surface area (Å²) in [5.41, 5.74) is 8.93. The van der Waals surface area contributed by atoms with Crippen LogP contribution in [0.4, 0.5) is 0 Å². The van der Waals surface area contributed by atoms with Crippen LogP contribution in [0.3, 0.4) is 0 Å². The molecule has 1 heterocycles. The van der Waals surface area contributed by atoms with E-state index in [9.17, 15) is 0 Å². The molecule has 0 spiro atoms. The first kappa shape index (κ1) is 20.5. The molecule has 0 amide bonds. The van der Waals surface area contributed by atoms with Crippen molar-refractivity contribution >= 4 is 23.5 Å². The number of hydrazone groups is 1. The van der Waals surface area contributed by atoms with Crippen LogP contribution in [0.25, 0.3) is 28.2 Å². The van der Waals surface area contributed by atoms with Crippen LogP contribution in [0.1, 0.15) is 12.5 Å². The number of rotatable bonds is 6. The van der Waals surface area contributed by atoms with Gasteiger partial charge in [0.25, 0.3) is 0 Å². The highest BCUT2D eigenvalue weighted by atomic mass is 32.1. The molecule has 6 heteroatoms. The van der Waals surface area contributed by atoms with Crippen molar-refractivity contribution in [3.8, 4) is 28.2 Å². The Balaban J connectivity index is 1.64. The Kier molecular flexibility index (Phi) is 6.50. The van der Waals surface area contributed by atoms with Gasteiger partial charge in [-0.25, -0.2) is 4.68 Å². The average molecular weight is 426 g/mol. The predicted molar refractivity (Wildman–Crippen MR) is 131 cm³/mol. The van der Waals surface area contributed by atoms with Crippen LogP contribution < -0.4 is 10.7 Å². The molecule has 0 saturated heterocycles. The summed E-state index contributed by atoms with van der Waals surface area (Å²) in [7, 11) is 0. The molecule has 4 aromatic rings. The quantitative estimate of drug-likeness (QED) is 0.259. The zero-order valence-electron chi connectivity index (χ0n) is 17.2. The van der Waals surface area contributed by atoms with Crippen LogP contribution in [0, 0.1) is 0 Å². The normalized spacial score (nSPS) is 10.9. The average Bonchev–Trinajstić information content (AvgIpc) is 3.26. The lowest BCUT2D eigenvalue weighted by Crippen LogP contribution is -2.31. The molecule has 0 fully saturated rings. The summed E-state index contributed by atoms with van der Waals surface area (Å²) in [6.07, 6.45) is 1.74. The smallest absolute Gasteiger partial charge is 0.186 e. The molecule has 4 rings (SSSR count). The number of benzene rings is 3. The summed E-state index contributed by atoms with van der Waals surface area (Å²) in [4.78, 5) is 0. The fraction of sp³-hybridized carbons (Fsp3) is 0.0800. The summed E-state index contributed by atoms with van der Waals surface area (Å²) in [6.45, 7) is 2.74. The zero-order chi connectivity index (χ0) is 21.5. The number of hydrogen-bond acceptors (Lipinski definition) is 3. The Bertz CT molecular complexity index is 1170. The molecule has 0 saturated carbocycles. The Morgan fingerprint density at radius 3 is 2.23 bits per heavy atom. The highest BCUT2D eigenvalue weighted by Gasteiger charge is 2.12. The molecule has 0 atom stereocenters. The van der Waals surface area contributed by atoms with Crippen molar-refractivity contribution in [3.63, 3.8) is 0 Å². The summed E-state index contributed by atoms with van der Waals surface area (Å²) >= 11 is 5.11. The third-order valence-electron chi connectivity index (χ3n) is 4.70. The molecule has 0 radical (unpaired) electrons. The summed E-state index contributed by atoms with van der Waals surface area (Å²) in [5, 5.41) is 12.6. The second-order valence-electron chi connectivity index (χ2n) is 6.88. The lowest BCUT2D eigenvalue weighted by molar-refractivity contribution is 0.891. The van der Waals surface area contributed by atoms with E-state index in [1.807, 2.05) is 72.3 Å². The van der Waals surface area contributed by atoms with Crippen molar-refractivity contribution in [1.29, 1.82) is 0 Å². The Labute approximate surface area is 187 Å². The monoisotopic (exact) mass is 425 g/mol. The van der Waals surface area contributed by atoms with Gasteiger partial charge < -0.3 is 5.32 Å². The third-order valence-corrected chi connectivity index (χ3v) is 4.94. The van der Waals surface area contributed by atoms with Gasteiger partial charge >= 0.3 is 0 Å². The van der Waals surface area contributed by atoms with Gasteiger partial charge in [0.15, 0.2) is 5.11 Å². The molecule has 3 aromatic carbocycles. The number of hydrogen-bond donors (Lipinski definition) is 2. The minimum absolute atomic E-state index is 0.507. The minimum Gasteiger partial charge on any atom is -0.362 e. The largest absolute Gasteiger partial charge is 0.362 e. The topological polar surface area (TPSA) is 54.2 Å². The first-order valence-electron chi connectivity index (χ1n) is 10.1. The zero-order valence-corrected chi connectivity index (χ0v) is 18.0. The number of thiocarbonyl (C=S) groups is 1. The molecule has 154 valence electrons. The van der Waals surface area contributed by atoms with Crippen molar-refractivity contribution < 1.29 is 0 Å². The molecule has 5 nitrogen and oxygen atoms in total. The fourth-order valence-corrected chi connectivity index (χ4v) is 3.41. The van der Waals surface area contributed by atoms with Crippen LogP contribution in [0.15, 0.2) is 96.1 Å². The van der Waals surface area contributed by atoms with E-state index in [0.717, 1.165) is 40.3 Å². The summed E-state index contributed by atoms with van der Waals surface area (Å²) in [6, 6.07) is 30.7. The van der Waals surface area contributed by atoms with Crippen LogP contribution >= 0.6 is 12.2 Å². The molecule has 0 aliphatic rings. The second kappa shape index (κ2) is 9.82. The Morgan fingerprint density at radius 2 is 1.58 bits per heavy atom. The lowest BCUT2D eigenvalue weighted by atomic mass is 10.1. The van der Waals surface area contributed by atoms with E-state index < -0.39 is 0 Å². The third kappa shape index (κ3) is 5.05. The van der Waals surface area contributed by atoms with E-state index in [4.69, 9.17) is 17.3 Å². The van der Waals surface area contributed by atoms with Gasteiger partial charge in [0.05, 0.1) is 23.3 Å². The maximum absolute atomic E-state index is 5.11. The molecule has 31 heavy (non-hydrogen) atoms. The second-order valence-corrected chi connectivity index (χ2v) is 7.29. The fourth-order valence-electron chi connectivity index (χ4n) is 3.21. The molecular weight excluding hydrogens is 402 g/mol. The van der Waals surface area contributed by atoms with Crippen LogP contribution in [-0.2, 0) is 0 Å². The van der Waals surface area contributed by atoms with Crippen LogP contribution in [-0.4, -0.2) is 27.7 Å². The van der Waals surface area contributed by atoms with Gasteiger partial charge in [-0.3, -0.25) is 5.43 Å². The van der Waals surface area contributed by atoms with Crippen molar-refractivity contribution in [1.82, 2.24) is 20.5 Å². The maximum atomic E-state index is 5.11. The number of aromatic nitrogens is 2. The summed E-state index contributed by atoms with van der Waals surface area (Å²) in [5.74, 6) is 0. The van der Waals surface area contributed by atoms with Crippen LogP contribution in [0.5, 0.6) is 0 Å². The first-order chi connectivity index (χ1) is 15.2. The number of nitrogens with zero attached hydrogens (tertiary/aromatic N) is 3. The SMILES string of the molecule is CCNC(=S)N/N=C/c1ccc(-n2nc(-c3ccccc3)cc2-c2ccccc2)cc1. The van der Waals surface area contributed by atoms with E-state index >= 15 is 0 Å². The van der Waals surface area contributed by atoms with E-state index in [1.165, 1.54) is 0 Å². The Hall–Kier alpha value is -3.77. The van der Waals surface area contributed by atoms with Gasteiger partial charge in [-0.05, 0) is 42.9 Å².